The Labute approximate surface area is 149 Å². The summed E-state index contributed by atoms with van der Waals surface area (Å²) in [6, 6.07) is 13.8. The van der Waals surface area contributed by atoms with Gasteiger partial charge in [-0.15, -0.1) is 0 Å². The van der Waals surface area contributed by atoms with E-state index in [1.165, 1.54) is 16.9 Å². The van der Waals surface area contributed by atoms with Crippen molar-refractivity contribution in [1.29, 1.82) is 0 Å². The van der Waals surface area contributed by atoms with Crippen molar-refractivity contribution < 1.29 is 14.3 Å². The lowest BCUT2D eigenvalue weighted by Gasteiger charge is -2.25. The minimum Gasteiger partial charge on any atom is -0.497 e. The summed E-state index contributed by atoms with van der Waals surface area (Å²) in [5.74, 6) is 0.689. The third-order valence-corrected chi connectivity index (χ3v) is 5.24. The fourth-order valence-corrected chi connectivity index (χ4v) is 3.98. The summed E-state index contributed by atoms with van der Waals surface area (Å²) in [5, 5.41) is 3.49. The van der Waals surface area contributed by atoms with Crippen LogP contribution in [-0.4, -0.2) is 24.6 Å². The van der Waals surface area contributed by atoms with Gasteiger partial charge in [0.2, 0.25) is 5.91 Å². The van der Waals surface area contributed by atoms with E-state index < -0.39 is 0 Å². The number of ether oxygens (including phenoxy) is 2. The number of aromatic nitrogens is 1. The zero-order valence-corrected chi connectivity index (χ0v) is 14.6. The summed E-state index contributed by atoms with van der Waals surface area (Å²) in [7, 11) is 1.63. The molecule has 1 aromatic heterocycles. The predicted octanol–water partition coefficient (Wildman–Crippen LogP) is 3.95. The van der Waals surface area contributed by atoms with Crippen LogP contribution in [-0.2, 0) is 16.0 Å². The molecule has 0 saturated heterocycles. The summed E-state index contributed by atoms with van der Waals surface area (Å²) in [6.07, 6.45) is 0.990. The van der Waals surface area contributed by atoms with Gasteiger partial charge >= 0.3 is 0 Å². The summed E-state index contributed by atoms with van der Waals surface area (Å²) >= 11 is 1.44. The number of fused-ring (bicyclic) bond motifs is 2. The number of hydrogen-bond acceptors (Lipinski definition) is 5. The maximum atomic E-state index is 12.4. The second-order valence-electron chi connectivity index (χ2n) is 5.91. The number of thiazole rings is 1. The number of benzene rings is 2. The molecular weight excluding hydrogens is 336 g/mol. The van der Waals surface area contributed by atoms with Gasteiger partial charge in [0.05, 0.1) is 36.5 Å². The average molecular weight is 354 g/mol. The van der Waals surface area contributed by atoms with E-state index in [-0.39, 0.29) is 18.4 Å². The van der Waals surface area contributed by atoms with Gasteiger partial charge in [-0.05, 0) is 35.7 Å². The monoisotopic (exact) mass is 354 g/mol. The highest BCUT2D eigenvalue weighted by Crippen LogP contribution is 2.32. The largest absolute Gasteiger partial charge is 0.497 e. The second-order valence-corrected chi connectivity index (χ2v) is 6.94. The molecule has 2 aromatic carbocycles. The lowest BCUT2D eigenvalue weighted by molar-refractivity contribution is -0.119. The number of nitrogens with zero attached hydrogens (tertiary/aromatic N) is 1. The van der Waals surface area contributed by atoms with Crippen LogP contribution in [0.3, 0.4) is 0 Å². The molecule has 1 unspecified atom stereocenters. The van der Waals surface area contributed by atoms with Gasteiger partial charge in [-0.1, -0.05) is 35.6 Å². The number of methoxy groups -OCH3 is 1. The lowest BCUT2D eigenvalue weighted by atomic mass is 9.96. The minimum atomic E-state index is -0.195. The average Bonchev–Trinajstić information content (AvgIpc) is 3.03. The van der Waals surface area contributed by atoms with Gasteiger partial charge in [-0.3, -0.25) is 4.79 Å². The Hall–Kier alpha value is -2.44. The van der Waals surface area contributed by atoms with Crippen molar-refractivity contribution in [2.75, 3.05) is 19.0 Å². The quantitative estimate of drug-likeness (QED) is 0.771. The van der Waals surface area contributed by atoms with Gasteiger partial charge in [-0.25, -0.2) is 4.98 Å². The van der Waals surface area contributed by atoms with Crippen LogP contribution in [0.5, 0.6) is 5.75 Å². The van der Waals surface area contributed by atoms with E-state index in [9.17, 15) is 4.79 Å². The molecule has 0 spiro atoms. The molecule has 2 heterocycles. The molecule has 5 nitrogen and oxygen atoms in total. The normalized spacial score (nSPS) is 16.4. The van der Waals surface area contributed by atoms with E-state index in [1.807, 2.05) is 36.4 Å². The number of nitrogens with one attached hydrogen (secondary N) is 1. The number of amides is 1. The van der Waals surface area contributed by atoms with Gasteiger partial charge in [0.1, 0.15) is 5.75 Å². The summed E-state index contributed by atoms with van der Waals surface area (Å²) in [5.41, 5.74) is 3.22. The molecule has 1 aliphatic rings. The lowest BCUT2D eigenvalue weighted by Crippen LogP contribution is -2.22. The smallest absolute Gasteiger partial charge is 0.229 e. The molecule has 1 N–H and O–H groups in total. The first-order valence-electron chi connectivity index (χ1n) is 8.17. The van der Waals surface area contributed by atoms with E-state index >= 15 is 0 Å². The van der Waals surface area contributed by atoms with Crippen LogP contribution in [0.1, 0.15) is 23.7 Å². The van der Waals surface area contributed by atoms with Crippen molar-refractivity contribution in [3.63, 3.8) is 0 Å². The van der Waals surface area contributed by atoms with Crippen LogP contribution in [0.4, 0.5) is 5.13 Å². The van der Waals surface area contributed by atoms with Crippen LogP contribution < -0.4 is 10.1 Å². The Kier molecular flexibility index (Phi) is 4.38. The SMILES string of the molecule is COc1ccc2nc(NC(=O)CC3OCCc4ccccc43)sc2c1. The third kappa shape index (κ3) is 3.36. The zero-order valence-electron chi connectivity index (χ0n) is 13.8. The van der Waals surface area contributed by atoms with Crippen LogP contribution in [0.15, 0.2) is 42.5 Å². The van der Waals surface area contributed by atoms with E-state index in [0.717, 1.165) is 28.0 Å². The van der Waals surface area contributed by atoms with Crippen LogP contribution in [0, 0.1) is 0 Å². The van der Waals surface area contributed by atoms with E-state index in [4.69, 9.17) is 9.47 Å². The van der Waals surface area contributed by atoms with Gasteiger partial charge in [0.25, 0.3) is 0 Å². The highest BCUT2D eigenvalue weighted by Gasteiger charge is 2.23. The minimum absolute atomic E-state index is 0.0901. The topological polar surface area (TPSA) is 60.5 Å². The molecule has 0 fully saturated rings. The Balaban J connectivity index is 1.48. The zero-order chi connectivity index (χ0) is 17.2. The molecule has 0 bridgehead atoms. The highest BCUT2D eigenvalue weighted by molar-refractivity contribution is 7.22. The Morgan fingerprint density at radius 2 is 2.24 bits per heavy atom. The van der Waals surface area contributed by atoms with Crippen LogP contribution >= 0.6 is 11.3 Å². The number of anilines is 1. The molecule has 4 rings (SSSR count). The number of rotatable bonds is 4. The molecule has 0 saturated carbocycles. The molecule has 25 heavy (non-hydrogen) atoms. The number of carbonyl (C=O) groups excluding carboxylic acids is 1. The van der Waals surface area contributed by atoms with E-state index in [0.29, 0.717) is 11.7 Å². The van der Waals surface area contributed by atoms with Gasteiger partial charge < -0.3 is 14.8 Å². The molecule has 3 aromatic rings. The maximum Gasteiger partial charge on any atom is 0.229 e. The van der Waals surface area contributed by atoms with Crippen molar-refractivity contribution >= 4 is 32.6 Å². The molecule has 128 valence electrons. The van der Waals surface area contributed by atoms with Gasteiger partial charge in [0.15, 0.2) is 5.13 Å². The predicted molar refractivity (Wildman–Crippen MR) is 98.3 cm³/mol. The highest BCUT2D eigenvalue weighted by atomic mass is 32.1. The number of hydrogen-bond donors (Lipinski definition) is 1. The fourth-order valence-electron chi connectivity index (χ4n) is 3.07. The first kappa shape index (κ1) is 16.1. The van der Waals surface area contributed by atoms with Crippen molar-refractivity contribution in [1.82, 2.24) is 4.98 Å². The molecule has 6 heteroatoms. The second kappa shape index (κ2) is 6.82. The van der Waals surface area contributed by atoms with Crippen molar-refractivity contribution in [3.05, 3.63) is 53.6 Å². The molecule has 1 aliphatic heterocycles. The maximum absolute atomic E-state index is 12.4. The standard InChI is InChI=1S/C19H18N2O3S/c1-23-13-6-7-15-17(10-13)25-19(20-15)21-18(22)11-16-14-5-3-2-4-12(14)8-9-24-16/h2-7,10,16H,8-9,11H2,1H3,(H,20,21,22). The van der Waals surface area contributed by atoms with Crippen molar-refractivity contribution in [3.8, 4) is 5.75 Å². The van der Waals surface area contributed by atoms with Crippen molar-refractivity contribution in [2.24, 2.45) is 0 Å². The van der Waals surface area contributed by atoms with E-state index in [1.54, 1.807) is 7.11 Å². The summed E-state index contributed by atoms with van der Waals surface area (Å²) in [4.78, 5) is 16.9. The Morgan fingerprint density at radius 1 is 1.36 bits per heavy atom. The number of carbonyl (C=O) groups is 1. The molecule has 0 radical (unpaired) electrons. The first-order chi connectivity index (χ1) is 12.2. The van der Waals surface area contributed by atoms with Gasteiger partial charge in [-0.2, -0.15) is 0 Å². The summed E-state index contributed by atoms with van der Waals surface area (Å²) < 4.78 is 12.0. The Bertz CT molecular complexity index is 922. The van der Waals surface area contributed by atoms with Crippen molar-refractivity contribution in [2.45, 2.75) is 18.9 Å². The molecule has 1 amide bonds. The molecule has 1 atom stereocenters. The van der Waals surface area contributed by atoms with Gasteiger partial charge in [0, 0.05) is 0 Å². The van der Waals surface area contributed by atoms with Crippen LogP contribution in [0.2, 0.25) is 0 Å². The fraction of sp³-hybridized carbons (Fsp3) is 0.263. The molecular formula is C19H18N2O3S. The van der Waals surface area contributed by atoms with Crippen LogP contribution in [0.25, 0.3) is 10.2 Å². The third-order valence-electron chi connectivity index (χ3n) is 4.31. The first-order valence-corrected chi connectivity index (χ1v) is 8.98. The summed E-state index contributed by atoms with van der Waals surface area (Å²) in [6.45, 7) is 0.649. The molecule has 0 aliphatic carbocycles. The van der Waals surface area contributed by atoms with E-state index in [2.05, 4.69) is 16.4 Å². The Morgan fingerprint density at radius 3 is 3.12 bits per heavy atom.